The van der Waals surface area contributed by atoms with Crippen LogP contribution < -0.4 is 10.1 Å². The number of carboxylic acid groups (broad SMARTS) is 2. The number of carbonyl (C=O) groups is 2. The lowest BCUT2D eigenvalue weighted by molar-refractivity contribution is -0.139. The van der Waals surface area contributed by atoms with Crippen LogP contribution in [-0.4, -0.2) is 38.7 Å². The smallest absolute Gasteiger partial charge is 0.341 e. The Morgan fingerprint density at radius 2 is 1.86 bits per heavy atom. The quantitative estimate of drug-likeness (QED) is 0.737. The minimum atomic E-state index is -1.10. The maximum absolute atomic E-state index is 10.8. The molecule has 1 aromatic carbocycles. The third-order valence-corrected chi connectivity index (χ3v) is 2.56. The van der Waals surface area contributed by atoms with Gasteiger partial charge in [0.1, 0.15) is 0 Å². The number of rotatable bonds is 6. The molecule has 8 nitrogen and oxygen atoms in total. The van der Waals surface area contributed by atoms with Crippen molar-refractivity contribution in [3.8, 4) is 5.88 Å². The lowest BCUT2D eigenvalue weighted by Crippen LogP contribution is -2.11. The van der Waals surface area contributed by atoms with Gasteiger partial charge in [-0.1, -0.05) is 0 Å². The van der Waals surface area contributed by atoms with E-state index in [2.05, 4.69) is 15.3 Å². The van der Waals surface area contributed by atoms with Crippen LogP contribution in [0.1, 0.15) is 16.1 Å². The average Bonchev–Trinajstić information content (AvgIpc) is 2.45. The first-order valence-corrected chi connectivity index (χ1v) is 6.24. The molecule has 1 heterocycles. The van der Waals surface area contributed by atoms with Gasteiger partial charge >= 0.3 is 11.9 Å². The predicted molar refractivity (Wildman–Crippen MR) is 76.6 cm³/mol. The maximum atomic E-state index is 10.8. The Kier molecular flexibility index (Phi) is 4.52. The number of ether oxygens (including phenoxy) is 1. The van der Waals surface area contributed by atoms with Crippen LogP contribution in [0.2, 0.25) is 0 Å². The first kappa shape index (κ1) is 15.2. The molecule has 0 saturated heterocycles. The molecule has 114 valence electrons. The number of anilines is 2. The largest absolute Gasteiger partial charge is 0.479 e. The summed E-state index contributed by atoms with van der Waals surface area (Å²) >= 11 is 0. The van der Waals surface area contributed by atoms with E-state index in [-0.39, 0.29) is 17.4 Å². The molecule has 0 saturated carbocycles. The van der Waals surface area contributed by atoms with Gasteiger partial charge in [-0.2, -0.15) is 4.98 Å². The lowest BCUT2D eigenvalue weighted by Gasteiger charge is -2.08. The fourth-order valence-corrected chi connectivity index (χ4v) is 1.63. The summed E-state index contributed by atoms with van der Waals surface area (Å²) in [7, 11) is 0. The molecule has 0 atom stereocenters. The molecule has 0 aliphatic heterocycles. The SMILES string of the molecule is Cc1cc(OCC(=O)O)nc(Nc2ccc(C(=O)O)cc2)n1. The first-order chi connectivity index (χ1) is 10.4. The number of hydrogen-bond donors (Lipinski definition) is 3. The highest BCUT2D eigenvalue weighted by Crippen LogP contribution is 2.17. The van der Waals surface area contributed by atoms with Crippen LogP contribution >= 0.6 is 0 Å². The van der Waals surface area contributed by atoms with Crippen molar-refractivity contribution in [2.24, 2.45) is 0 Å². The van der Waals surface area contributed by atoms with Gasteiger partial charge in [-0.15, -0.1) is 0 Å². The highest BCUT2D eigenvalue weighted by Gasteiger charge is 2.07. The summed E-state index contributed by atoms with van der Waals surface area (Å²) < 4.78 is 5.01. The number of aromatic nitrogens is 2. The van der Waals surface area contributed by atoms with Crippen LogP contribution in [0.5, 0.6) is 5.88 Å². The highest BCUT2D eigenvalue weighted by atomic mass is 16.5. The van der Waals surface area contributed by atoms with Crippen LogP contribution in [0, 0.1) is 6.92 Å². The Balaban J connectivity index is 2.14. The molecule has 0 amide bonds. The molecule has 0 radical (unpaired) electrons. The standard InChI is InChI=1S/C14H13N3O5/c1-8-6-11(22-7-12(18)19)17-14(15-8)16-10-4-2-9(3-5-10)13(20)21/h2-6H,7H2,1H3,(H,18,19)(H,20,21)(H,15,16,17). The van der Waals surface area contributed by atoms with Gasteiger partial charge in [-0.25, -0.2) is 14.6 Å². The summed E-state index contributed by atoms with van der Waals surface area (Å²) in [5.74, 6) is -1.75. The van der Waals surface area contributed by atoms with Gasteiger partial charge in [-0.3, -0.25) is 0 Å². The van der Waals surface area contributed by atoms with E-state index in [4.69, 9.17) is 14.9 Å². The van der Waals surface area contributed by atoms with E-state index in [1.54, 1.807) is 19.1 Å². The Bertz CT molecular complexity index is 700. The number of nitrogens with zero attached hydrogens (tertiary/aromatic N) is 2. The van der Waals surface area contributed by atoms with Gasteiger partial charge in [0.15, 0.2) is 6.61 Å². The van der Waals surface area contributed by atoms with Gasteiger partial charge in [0, 0.05) is 17.4 Å². The second kappa shape index (κ2) is 6.53. The normalized spacial score (nSPS) is 10.0. The van der Waals surface area contributed by atoms with E-state index in [1.807, 2.05) is 0 Å². The average molecular weight is 303 g/mol. The van der Waals surface area contributed by atoms with E-state index in [1.165, 1.54) is 18.2 Å². The van der Waals surface area contributed by atoms with Crippen molar-refractivity contribution in [1.82, 2.24) is 9.97 Å². The van der Waals surface area contributed by atoms with Crippen LogP contribution in [0.15, 0.2) is 30.3 Å². The van der Waals surface area contributed by atoms with Gasteiger partial charge in [0.25, 0.3) is 0 Å². The molecule has 3 N–H and O–H groups in total. The Morgan fingerprint density at radius 1 is 1.18 bits per heavy atom. The summed E-state index contributed by atoms with van der Waals surface area (Å²) in [4.78, 5) is 29.4. The van der Waals surface area contributed by atoms with E-state index < -0.39 is 18.5 Å². The van der Waals surface area contributed by atoms with Crippen molar-refractivity contribution in [1.29, 1.82) is 0 Å². The maximum Gasteiger partial charge on any atom is 0.341 e. The van der Waals surface area contributed by atoms with Crippen molar-refractivity contribution in [3.63, 3.8) is 0 Å². The Hall–Kier alpha value is -3.16. The van der Waals surface area contributed by atoms with E-state index in [9.17, 15) is 9.59 Å². The fraction of sp³-hybridized carbons (Fsp3) is 0.143. The summed E-state index contributed by atoms with van der Waals surface area (Å²) in [5, 5.41) is 20.3. The third-order valence-electron chi connectivity index (χ3n) is 2.56. The number of benzene rings is 1. The summed E-state index contributed by atoms with van der Waals surface area (Å²) in [6.07, 6.45) is 0. The number of aliphatic carboxylic acids is 1. The lowest BCUT2D eigenvalue weighted by atomic mass is 10.2. The third kappa shape index (κ3) is 4.17. The second-order valence-corrected chi connectivity index (χ2v) is 4.36. The van der Waals surface area contributed by atoms with Crippen molar-refractivity contribution in [3.05, 3.63) is 41.6 Å². The molecule has 0 spiro atoms. The number of aryl methyl sites for hydroxylation is 1. The van der Waals surface area contributed by atoms with Gasteiger partial charge < -0.3 is 20.3 Å². The summed E-state index contributed by atoms with van der Waals surface area (Å²) in [5.41, 5.74) is 1.36. The molecular formula is C14H13N3O5. The second-order valence-electron chi connectivity index (χ2n) is 4.36. The molecule has 0 aliphatic rings. The predicted octanol–water partition coefficient (Wildman–Crippen LogP) is 1.69. The van der Waals surface area contributed by atoms with E-state index >= 15 is 0 Å². The zero-order valence-corrected chi connectivity index (χ0v) is 11.6. The van der Waals surface area contributed by atoms with E-state index in [0.29, 0.717) is 11.4 Å². The zero-order chi connectivity index (χ0) is 16.1. The Morgan fingerprint density at radius 3 is 2.45 bits per heavy atom. The van der Waals surface area contributed by atoms with Crippen LogP contribution in [0.25, 0.3) is 0 Å². The molecule has 2 aromatic rings. The number of nitrogens with one attached hydrogen (secondary N) is 1. The number of hydrogen-bond acceptors (Lipinski definition) is 6. The highest BCUT2D eigenvalue weighted by molar-refractivity contribution is 5.88. The molecule has 1 aromatic heterocycles. The van der Waals surface area contributed by atoms with Crippen LogP contribution in [0.3, 0.4) is 0 Å². The molecule has 0 unspecified atom stereocenters. The topological polar surface area (TPSA) is 122 Å². The van der Waals surface area contributed by atoms with Crippen molar-refractivity contribution < 1.29 is 24.5 Å². The molecule has 0 fully saturated rings. The summed E-state index contributed by atoms with van der Waals surface area (Å²) in [6, 6.07) is 7.56. The van der Waals surface area contributed by atoms with E-state index in [0.717, 1.165) is 0 Å². The fourth-order valence-electron chi connectivity index (χ4n) is 1.63. The number of carboxylic acids is 2. The van der Waals surface area contributed by atoms with Crippen molar-refractivity contribution in [2.75, 3.05) is 11.9 Å². The molecule has 22 heavy (non-hydrogen) atoms. The Labute approximate surface area is 125 Å². The first-order valence-electron chi connectivity index (χ1n) is 6.24. The minimum Gasteiger partial charge on any atom is -0.479 e. The van der Waals surface area contributed by atoms with Crippen LogP contribution in [-0.2, 0) is 4.79 Å². The van der Waals surface area contributed by atoms with Gasteiger partial charge in [-0.05, 0) is 31.2 Å². The molecule has 0 aliphatic carbocycles. The van der Waals surface area contributed by atoms with Crippen molar-refractivity contribution >= 4 is 23.6 Å². The van der Waals surface area contributed by atoms with Crippen LogP contribution in [0.4, 0.5) is 11.6 Å². The summed E-state index contributed by atoms with van der Waals surface area (Å²) in [6.45, 7) is 1.22. The molecular weight excluding hydrogens is 290 g/mol. The molecule has 2 rings (SSSR count). The number of aromatic carboxylic acids is 1. The molecule has 8 heteroatoms. The minimum absolute atomic E-state index is 0.138. The van der Waals surface area contributed by atoms with Gasteiger partial charge in [0.05, 0.1) is 5.56 Å². The van der Waals surface area contributed by atoms with Gasteiger partial charge in [0.2, 0.25) is 11.8 Å². The van der Waals surface area contributed by atoms with Crippen molar-refractivity contribution in [2.45, 2.75) is 6.92 Å². The zero-order valence-electron chi connectivity index (χ0n) is 11.6. The monoisotopic (exact) mass is 303 g/mol. The molecule has 0 bridgehead atoms.